The first-order valence-corrected chi connectivity index (χ1v) is 10.3. The summed E-state index contributed by atoms with van der Waals surface area (Å²) in [6.45, 7) is 0. The van der Waals surface area contributed by atoms with E-state index >= 15 is 0 Å². The molecule has 0 spiro atoms. The van der Waals surface area contributed by atoms with Crippen LogP contribution in [0.4, 0.5) is 5.13 Å². The number of carbonyl (C=O) groups excluding carboxylic acids is 1. The summed E-state index contributed by atoms with van der Waals surface area (Å²) in [6, 6.07) is 7.25. The molecule has 0 radical (unpaired) electrons. The van der Waals surface area contributed by atoms with Crippen molar-refractivity contribution in [1.82, 2.24) is 4.98 Å². The van der Waals surface area contributed by atoms with E-state index in [2.05, 4.69) is 10.3 Å². The van der Waals surface area contributed by atoms with Crippen LogP contribution in [0.25, 0.3) is 0 Å². The Labute approximate surface area is 137 Å². The maximum Gasteiger partial charge on any atom is 0.258 e. The van der Waals surface area contributed by atoms with Gasteiger partial charge in [-0.05, 0) is 18.6 Å². The Kier molecular flexibility index (Phi) is 4.51. The molecule has 2 aromatic rings. The highest BCUT2D eigenvalue weighted by Gasteiger charge is 2.29. The molecule has 5 nitrogen and oxygen atoms in total. The van der Waals surface area contributed by atoms with E-state index in [1.807, 2.05) is 12.1 Å². The quantitative estimate of drug-likeness (QED) is 0.913. The molecule has 1 saturated heterocycles. The first-order valence-electron chi connectivity index (χ1n) is 6.70. The first kappa shape index (κ1) is 15.5. The maximum atomic E-state index is 12.4. The Morgan fingerprint density at radius 1 is 1.36 bits per heavy atom. The number of thioether (sulfide) groups is 1. The number of aromatic nitrogens is 1. The fraction of sp³-hybridized carbons (Fsp3) is 0.286. The summed E-state index contributed by atoms with van der Waals surface area (Å²) < 4.78 is 23.1. The molecule has 1 aliphatic rings. The summed E-state index contributed by atoms with van der Waals surface area (Å²) in [5.74, 6) is 0.192. The lowest BCUT2D eigenvalue weighted by molar-refractivity contribution is 0.102. The maximum absolute atomic E-state index is 12.4. The second kappa shape index (κ2) is 6.39. The lowest BCUT2D eigenvalue weighted by Crippen LogP contribution is -2.14. The Morgan fingerprint density at radius 3 is 2.86 bits per heavy atom. The minimum atomic E-state index is -2.92. The number of hydrogen-bond donors (Lipinski definition) is 1. The lowest BCUT2D eigenvalue weighted by atomic mass is 10.2. The standard InChI is InChI=1S/C14H14N2O3S3/c17-13(16-14-15-6-7-20-14)11-3-1-2-4-12(11)21-10-5-8-22(18,19)9-10/h1-4,6-7,10H,5,8-9H2,(H,15,16,17)/t10-/m0/s1. The van der Waals surface area contributed by atoms with Crippen molar-refractivity contribution in [3.05, 3.63) is 41.4 Å². The predicted octanol–water partition coefficient (Wildman–Crippen LogP) is 2.67. The number of nitrogens with one attached hydrogen (secondary N) is 1. The molecule has 0 bridgehead atoms. The van der Waals surface area contributed by atoms with Gasteiger partial charge in [0.05, 0.1) is 17.1 Å². The number of sulfone groups is 1. The van der Waals surface area contributed by atoms with Crippen molar-refractivity contribution >= 4 is 44.0 Å². The van der Waals surface area contributed by atoms with Gasteiger partial charge in [0, 0.05) is 21.7 Å². The number of nitrogens with zero attached hydrogens (tertiary/aromatic N) is 1. The summed E-state index contributed by atoms with van der Waals surface area (Å²) in [7, 11) is -2.92. The summed E-state index contributed by atoms with van der Waals surface area (Å²) in [4.78, 5) is 17.2. The minimum absolute atomic E-state index is 0.0128. The number of hydrogen-bond acceptors (Lipinski definition) is 6. The van der Waals surface area contributed by atoms with Gasteiger partial charge >= 0.3 is 0 Å². The highest BCUT2D eigenvalue weighted by Crippen LogP contribution is 2.33. The van der Waals surface area contributed by atoms with Gasteiger partial charge < -0.3 is 0 Å². The van der Waals surface area contributed by atoms with Crippen LogP contribution in [0, 0.1) is 0 Å². The number of rotatable bonds is 4. The van der Waals surface area contributed by atoms with E-state index in [4.69, 9.17) is 0 Å². The van der Waals surface area contributed by atoms with Gasteiger partial charge in [-0.1, -0.05) is 12.1 Å². The SMILES string of the molecule is O=C(Nc1nccs1)c1ccccc1S[C@H]1CCS(=O)(=O)C1. The van der Waals surface area contributed by atoms with Gasteiger partial charge in [-0.2, -0.15) is 0 Å². The van der Waals surface area contributed by atoms with Crippen LogP contribution >= 0.6 is 23.1 Å². The van der Waals surface area contributed by atoms with Crippen molar-refractivity contribution < 1.29 is 13.2 Å². The largest absolute Gasteiger partial charge is 0.298 e. The van der Waals surface area contributed by atoms with Gasteiger partial charge in [-0.25, -0.2) is 13.4 Å². The van der Waals surface area contributed by atoms with Crippen molar-refractivity contribution in [3.63, 3.8) is 0 Å². The zero-order valence-corrected chi connectivity index (χ0v) is 14.0. The normalized spacial score (nSPS) is 19.9. The summed E-state index contributed by atoms with van der Waals surface area (Å²) >= 11 is 2.82. The highest BCUT2D eigenvalue weighted by molar-refractivity contribution is 8.02. The third-order valence-corrected chi connectivity index (χ3v) is 7.28. The molecular formula is C14H14N2O3S3. The van der Waals surface area contributed by atoms with E-state index in [1.54, 1.807) is 23.7 Å². The van der Waals surface area contributed by atoms with Crippen molar-refractivity contribution in [2.75, 3.05) is 16.8 Å². The zero-order valence-electron chi connectivity index (χ0n) is 11.6. The fourth-order valence-corrected chi connectivity index (χ4v) is 6.39. The number of anilines is 1. The average molecular weight is 354 g/mol. The smallest absolute Gasteiger partial charge is 0.258 e. The molecule has 3 rings (SSSR count). The van der Waals surface area contributed by atoms with Crippen molar-refractivity contribution in [2.45, 2.75) is 16.6 Å². The van der Waals surface area contributed by atoms with Gasteiger partial charge in [0.1, 0.15) is 0 Å². The molecule has 1 aromatic carbocycles. The van der Waals surface area contributed by atoms with E-state index in [9.17, 15) is 13.2 Å². The molecule has 22 heavy (non-hydrogen) atoms. The molecule has 2 heterocycles. The van der Waals surface area contributed by atoms with E-state index in [-0.39, 0.29) is 22.7 Å². The Balaban J connectivity index is 1.76. The van der Waals surface area contributed by atoms with E-state index in [1.165, 1.54) is 23.1 Å². The van der Waals surface area contributed by atoms with Gasteiger partial charge in [0.15, 0.2) is 15.0 Å². The fourth-order valence-electron chi connectivity index (χ4n) is 2.24. The van der Waals surface area contributed by atoms with Crippen LogP contribution in [0.1, 0.15) is 16.8 Å². The van der Waals surface area contributed by atoms with E-state index < -0.39 is 9.84 Å². The Hall–Kier alpha value is -1.38. The minimum Gasteiger partial charge on any atom is -0.298 e. The third-order valence-electron chi connectivity index (χ3n) is 3.27. The van der Waals surface area contributed by atoms with Gasteiger partial charge in [-0.3, -0.25) is 10.1 Å². The second-order valence-corrected chi connectivity index (χ2v) is 9.40. The third kappa shape index (κ3) is 3.68. The Morgan fingerprint density at radius 2 is 2.18 bits per heavy atom. The second-order valence-electron chi connectivity index (χ2n) is 4.93. The van der Waals surface area contributed by atoms with Crippen LogP contribution in [0.15, 0.2) is 40.7 Å². The first-order chi connectivity index (χ1) is 10.5. The van der Waals surface area contributed by atoms with Crippen molar-refractivity contribution in [2.24, 2.45) is 0 Å². The highest BCUT2D eigenvalue weighted by atomic mass is 32.2. The van der Waals surface area contributed by atoms with Crippen LogP contribution in [-0.2, 0) is 9.84 Å². The summed E-state index contributed by atoms with van der Waals surface area (Å²) in [5, 5.41) is 5.11. The Bertz CT molecular complexity index is 772. The average Bonchev–Trinajstić information content (AvgIpc) is 3.09. The van der Waals surface area contributed by atoms with Crippen molar-refractivity contribution in [1.29, 1.82) is 0 Å². The van der Waals surface area contributed by atoms with E-state index in [0.29, 0.717) is 17.1 Å². The molecule has 1 amide bonds. The summed E-state index contributed by atoms with van der Waals surface area (Å²) in [6.07, 6.45) is 2.26. The number of thiazole rings is 1. The number of benzene rings is 1. The molecule has 1 N–H and O–H groups in total. The molecule has 0 unspecified atom stereocenters. The monoisotopic (exact) mass is 354 g/mol. The molecule has 116 valence electrons. The lowest BCUT2D eigenvalue weighted by Gasteiger charge is -2.11. The molecule has 0 aliphatic carbocycles. The van der Waals surface area contributed by atoms with E-state index in [0.717, 1.165) is 4.90 Å². The number of carbonyl (C=O) groups is 1. The molecule has 8 heteroatoms. The van der Waals surface area contributed by atoms with Crippen LogP contribution in [0.5, 0.6) is 0 Å². The molecule has 1 aromatic heterocycles. The molecule has 1 atom stereocenters. The predicted molar refractivity (Wildman–Crippen MR) is 89.4 cm³/mol. The van der Waals surface area contributed by atoms with Crippen LogP contribution in [0.3, 0.4) is 0 Å². The van der Waals surface area contributed by atoms with Crippen LogP contribution in [-0.4, -0.2) is 36.1 Å². The molecule has 0 saturated carbocycles. The number of amides is 1. The van der Waals surface area contributed by atoms with Crippen LogP contribution < -0.4 is 5.32 Å². The van der Waals surface area contributed by atoms with Crippen LogP contribution in [0.2, 0.25) is 0 Å². The topological polar surface area (TPSA) is 76.1 Å². The van der Waals surface area contributed by atoms with Gasteiger partial charge in [0.2, 0.25) is 0 Å². The summed E-state index contributed by atoms with van der Waals surface area (Å²) in [5.41, 5.74) is 0.548. The molecular weight excluding hydrogens is 340 g/mol. The zero-order chi connectivity index (χ0) is 15.6. The molecule has 1 fully saturated rings. The van der Waals surface area contributed by atoms with Gasteiger partial charge in [0.25, 0.3) is 5.91 Å². The van der Waals surface area contributed by atoms with Gasteiger partial charge in [-0.15, -0.1) is 23.1 Å². The molecule has 1 aliphatic heterocycles. The van der Waals surface area contributed by atoms with Crippen molar-refractivity contribution in [3.8, 4) is 0 Å².